The van der Waals surface area contributed by atoms with E-state index in [0.29, 0.717) is 25.7 Å². The minimum atomic E-state index is -1.43. The molecule has 33 heavy (non-hydrogen) atoms. The standard InChI is InChI=1S/C25H21F5O3/c26-19-11-14(3-7-17(19)18-8-10-21(32)25(30)23(18)28)13-1-5-16(6-2-13)33-12-15-4-9-20(31)24(29)22(15)27/h3-4,7-11,13,16,31-32H,1-2,5-6,12H2. The summed E-state index contributed by atoms with van der Waals surface area (Å²) in [7, 11) is 0. The van der Waals surface area contributed by atoms with Gasteiger partial charge in [-0.1, -0.05) is 12.1 Å². The Kier molecular flexibility index (Phi) is 6.56. The first-order valence-electron chi connectivity index (χ1n) is 10.5. The fraction of sp³-hybridized carbons (Fsp3) is 0.280. The van der Waals surface area contributed by atoms with Gasteiger partial charge in [0.25, 0.3) is 0 Å². The van der Waals surface area contributed by atoms with E-state index in [1.165, 1.54) is 18.2 Å². The molecule has 0 heterocycles. The van der Waals surface area contributed by atoms with Gasteiger partial charge in [0.2, 0.25) is 11.6 Å². The summed E-state index contributed by atoms with van der Waals surface area (Å²) >= 11 is 0. The summed E-state index contributed by atoms with van der Waals surface area (Å²) in [5, 5.41) is 18.4. The molecule has 0 aromatic heterocycles. The van der Waals surface area contributed by atoms with Crippen LogP contribution in [0.3, 0.4) is 0 Å². The SMILES string of the molecule is Oc1ccc(COC2CCC(c3ccc(-c4ccc(O)c(F)c4F)c(F)c3)CC2)c(F)c1F. The topological polar surface area (TPSA) is 49.7 Å². The van der Waals surface area contributed by atoms with Crippen LogP contribution in [0, 0.1) is 29.1 Å². The Bertz CT molecular complexity index is 1170. The third kappa shape index (κ3) is 4.66. The van der Waals surface area contributed by atoms with Gasteiger partial charge in [-0.2, -0.15) is 8.78 Å². The summed E-state index contributed by atoms with van der Waals surface area (Å²) < 4.78 is 75.5. The third-order valence-corrected chi connectivity index (χ3v) is 6.11. The van der Waals surface area contributed by atoms with Crippen molar-refractivity contribution in [3.63, 3.8) is 0 Å². The average Bonchev–Trinajstić information content (AvgIpc) is 2.81. The quantitative estimate of drug-likeness (QED) is 0.413. The molecule has 4 rings (SSSR count). The second-order valence-corrected chi connectivity index (χ2v) is 8.16. The van der Waals surface area contributed by atoms with Gasteiger partial charge in [0.1, 0.15) is 5.82 Å². The molecule has 174 valence electrons. The smallest absolute Gasteiger partial charge is 0.200 e. The van der Waals surface area contributed by atoms with Gasteiger partial charge >= 0.3 is 0 Å². The van der Waals surface area contributed by atoms with Crippen LogP contribution in [-0.2, 0) is 11.3 Å². The van der Waals surface area contributed by atoms with E-state index >= 15 is 0 Å². The van der Waals surface area contributed by atoms with Crippen LogP contribution in [0.15, 0.2) is 42.5 Å². The summed E-state index contributed by atoms with van der Waals surface area (Å²) in [6, 6.07) is 8.81. The van der Waals surface area contributed by atoms with Crippen molar-refractivity contribution >= 4 is 0 Å². The second kappa shape index (κ2) is 9.39. The maximum absolute atomic E-state index is 14.7. The van der Waals surface area contributed by atoms with E-state index in [2.05, 4.69) is 0 Å². The van der Waals surface area contributed by atoms with Gasteiger partial charge in [-0.05, 0) is 67.5 Å². The molecule has 1 aliphatic carbocycles. The lowest BCUT2D eigenvalue weighted by Gasteiger charge is -2.29. The van der Waals surface area contributed by atoms with Crippen molar-refractivity contribution in [2.75, 3.05) is 0 Å². The number of ether oxygens (including phenoxy) is 1. The lowest BCUT2D eigenvalue weighted by atomic mass is 9.82. The third-order valence-electron chi connectivity index (χ3n) is 6.11. The monoisotopic (exact) mass is 464 g/mol. The Morgan fingerprint density at radius 1 is 0.697 bits per heavy atom. The van der Waals surface area contributed by atoms with Gasteiger partial charge in [0.15, 0.2) is 23.1 Å². The number of halogens is 5. The van der Waals surface area contributed by atoms with Gasteiger partial charge in [-0.15, -0.1) is 0 Å². The Balaban J connectivity index is 1.39. The molecule has 0 atom stereocenters. The molecule has 0 saturated heterocycles. The van der Waals surface area contributed by atoms with E-state index in [9.17, 15) is 32.2 Å². The van der Waals surface area contributed by atoms with Crippen LogP contribution in [-0.4, -0.2) is 16.3 Å². The molecule has 0 radical (unpaired) electrons. The second-order valence-electron chi connectivity index (χ2n) is 8.16. The van der Waals surface area contributed by atoms with Gasteiger partial charge in [-0.25, -0.2) is 13.2 Å². The van der Waals surface area contributed by atoms with Crippen LogP contribution < -0.4 is 0 Å². The Morgan fingerprint density at radius 3 is 1.97 bits per heavy atom. The molecule has 1 saturated carbocycles. The molecule has 2 N–H and O–H groups in total. The van der Waals surface area contributed by atoms with Crippen molar-refractivity contribution in [2.45, 2.75) is 44.3 Å². The zero-order valence-corrected chi connectivity index (χ0v) is 17.4. The molecule has 0 aliphatic heterocycles. The summed E-state index contributed by atoms with van der Waals surface area (Å²) in [5.74, 6) is -7.44. The van der Waals surface area contributed by atoms with Crippen LogP contribution in [0.4, 0.5) is 22.0 Å². The fourth-order valence-corrected chi connectivity index (χ4v) is 4.21. The van der Waals surface area contributed by atoms with E-state index < -0.39 is 40.6 Å². The van der Waals surface area contributed by atoms with Crippen LogP contribution in [0.2, 0.25) is 0 Å². The van der Waals surface area contributed by atoms with Crippen molar-refractivity contribution in [3.8, 4) is 22.6 Å². The number of phenolic OH excluding ortho intramolecular Hbond substituents is 2. The Labute approximate surface area is 187 Å². The Hall–Kier alpha value is -3.13. The van der Waals surface area contributed by atoms with Crippen LogP contribution in [0.5, 0.6) is 11.5 Å². The minimum Gasteiger partial charge on any atom is -0.505 e. The van der Waals surface area contributed by atoms with Gasteiger partial charge < -0.3 is 14.9 Å². The maximum atomic E-state index is 14.7. The van der Waals surface area contributed by atoms with Crippen molar-refractivity contribution in [1.82, 2.24) is 0 Å². The lowest BCUT2D eigenvalue weighted by molar-refractivity contribution is 0.0118. The zero-order valence-electron chi connectivity index (χ0n) is 17.4. The summed E-state index contributed by atoms with van der Waals surface area (Å²) in [4.78, 5) is 0. The number of benzene rings is 3. The van der Waals surface area contributed by atoms with Crippen LogP contribution >= 0.6 is 0 Å². The summed E-state index contributed by atoms with van der Waals surface area (Å²) in [6.45, 7) is -0.129. The van der Waals surface area contributed by atoms with Crippen molar-refractivity contribution in [1.29, 1.82) is 0 Å². The molecular formula is C25H21F5O3. The van der Waals surface area contributed by atoms with Gasteiger partial charge in [-0.3, -0.25) is 0 Å². The van der Waals surface area contributed by atoms with Crippen molar-refractivity contribution < 1.29 is 36.9 Å². The number of rotatable bonds is 5. The molecule has 8 heteroatoms. The van der Waals surface area contributed by atoms with E-state index in [0.717, 1.165) is 23.8 Å². The van der Waals surface area contributed by atoms with Crippen LogP contribution in [0.25, 0.3) is 11.1 Å². The fourth-order valence-electron chi connectivity index (χ4n) is 4.21. The molecule has 3 aromatic rings. The van der Waals surface area contributed by atoms with E-state index in [-0.39, 0.29) is 35.3 Å². The molecule has 0 amide bonds. The first-order chi connectivity index (χ1) is 15.8. The summed E-state index contributed by atoms with van der Waals surface area (Å²) in [5.41, 5.74) is 0.365. The van der Waals surface area contributed by atoms with Gasteiger partial charge in [0, 0.05) is 16.7 Å². The highest BCUT2D eigenvalue weighted by Gasteiger charge is 2.25. The minimum absolute atomic E-state index is 0.0167. The molecule has 3 nitrogen and oxygen atoms in total. The maximum Gasteiger partial charge on any atom is 0.200 e. The summed E-state index contributed by atoms with van der Waals surface area (Å²) in [6.07, 6.45) is 2.45. The molecule has 0 bridgehead atoms. The molecular weight excluding hydrogens is 443 g/mol. The molecule has 0 unspecified atom stereocenters. The molecule has 0 spiro atoms. The highest BCUT2D eigenvalue weighted by molar-refractivity contribution is 5.66. The molecule has 1 fully saturated rings. The predicted molar refractivity (Wildman–Crippen MR) is 111 cm³/mol. The normalized spacial score (nSPS) is 18.5. The highest BCUT2D eigenvalue weighted by atomic mass is 19.2. The van der Waals surface area contributed by atoms with E-state index in [4.69, 9.17) is 4.74 Å². The van der Waals surface area contributed by atoms with Crippen LogP contribution in [0.1, 0.15) is 42.7 Å². The number of aromatic hydroxyl groups is 2. The lowest BCUT2D eigenvalue weighted by Crippen LogP contribution is -2.21. The van der Waals surface area contributed by atoms with E-state index in [1.807, 2.05) is 0 Å². The van der Waals surface area contributed by atoms with Crippen molar-refractivity contribution in [2.24, 2.45) is 0 Å². The predicted octanol–water partition coefficient (Wildman–Crippen LogP) is 6.70. The van der Waals surface area contributed by atoms with Crippen molar-refractivity contribution in [3.05, 3.63) is 82.7 Å². The van der Waals surface area contributed by atoms with E-state index in [1.54, 1.807) is 6.07 Å². The average molecular weight is 464 g/mol. The number of hydrogen-bond donors (Lipinski definition) is 2. The van der Waals surface area contributed by atoms with Gasteiger partial charge in [0.05, 0.1) is 12.7 Å². The molecule has 3 aromatic carbocycles. The first-order valence-corrected chi connectivity index (χ1v) is 10.5. The number of phenols is 2. The zero-order chi connectivity index (χ0) is 23.7. The highest BCUT2D eigenvalue weighted by Crippen LogP contribution is 2.37. The Morgan fingerprint density at radius 2 is 1.30 bits per heavy atom. The largest absolute Gasteiger partial charge is 0.505 e. The first kappa shape index (κ1) is 23.0. The number of hydrogen-bond acceptors (Lipinski definition) is 3. The molecule has 1 aliphatic rings.